The lowest BCUT2D eigenvalue weighted by atomic mass is 10.0. The van der Waals surface area contributed by atoms with Crippen molar-refractivity contribution >= 4 is 5.69 Å². The number of para-hydroxylation sites is 1. The van der Waals surface area contributed by atoms with Crippen LogP contribution in [0.3, 0.4) is 0 Å². The van der Waals surface area contributed by atoms with Gasteiger partial charge in [-0.15, -0.1) is 0 Å². The minimum Gasteiger partial charge on any atom is -0.489 e. The van der Waals surface area contributed by atoms with E-state index < -0.39 is 11.7 Å². The molecule has 6 heteroatoms. The van der Waals surface area contributed by atoms with E-state index in [9.17, 15) is 18.3 Å². The van der Waals surface area contributed by atoms with Crippen LogP contribution in [0.5, 0.6) is 5.75 Å². The van der Waals surface area contributed by atoms with Crippen molar-refractivity contribution < 1.29 is 23.0 Å². The Morgan fingerprint density at radius 3 is 2.26 bits per heavy atom. The lowest BCUT2D eigenvalue weighted by Crippen LogP contribution is -2.23. The van der Waals surface area contributed by atoms with Gasteiger partial charge < -0.3 is 15.2 Å². The summed E-state index contributed by atoms with van der Waals surface area (Å²) in [5, 5.41) is 12.9. The minimum atomic E-state index is -4.38. The SMILES string of the molecule is OCC(CCCc1ccc(COc2cccc(C(F)(F)F)c2)cc1)Nc1ccccc1. The Bertz CT molecular complexity index is 928. The van der Waals surface area contributed by atoms with Crippen LogP contribution < -0.4 is 10.1 Å². The summed E-state index contributed by atoms with van der Waals surface area (Å²) in [6, 6.07) is 22.6. The molecule has 0 radical (unpaired) electrons. The third-order valence-corrected chi connectivity index (χ3v) is 4.97. The molecule has 0 fully saturated rings. The largest absolute Gasteiger partial charge is 0.489 e. The number of aliphatic hydroxyl groups excluding tert-OH is 1. The van der Waals surface area contributed by atoms with E-state index in [1.54, 1.807) is 0 Å². The van der Waals surface area contributed by atoms with Gasteiger partial charge in [0.15, 0.2) is 0 Å². The third kappa shape index (κ3) is 7.33. The number of alkyl halides is 3. The fourth-order valence-corrected chi connectivity index (χ4v) is 3.26. The first-order valence-corrected chi connectivity index (χ1v) is 10.2. The molecule has 0 bridgehead atoms. The van der Waals surface area contributed by atoms with Gasteiger partial charge in [0, 0.05) is 11.7 Å². The van der Waals surface area contributed by atoms with Gasteiger partial charge in [-0.1, -0.05) is 48.5 Å². The molecule has 0 amide bonds. The van der Waals surface area contributed by atoms with Gasteiger partial charge in [0.05, 0.1) is 12.2 Å². The standard InChI is InChI=1S/C25H26F3NO2/c26-25(27,28)21-7-5-11-24(16-21)31-18-20-14-12-19(13-15-20)6-4-10-23(17-30)29-22-8-2-1-3-9-22/h1-3,5,7-9,11-16,23,29-30H,4,6,10,17-18H2. The molecular formula is C25H26F3NO2. The topological polar surface area (TPSA) is 41.5 Å². The van der Waals surface area contributed by atoms with Crippen molar-refractivity contribution in [3.63, 3.8) is 0 Å². The molecule has 0 heterocycles. The Morgan fingerprint density at radius 2 is 1.58 bits per heavy atom. The van der Waals surface area contributed by atoms with Gasteiger partial charge in [0.1, 0.15) is 12.4 Å². The molecule has 0 saturated heterocycles. The van der Waals surface area contributed by atoms with Crippen LogP contribution in [0.4, 0.5) is 18.9 Å². The number of rotatable bonds is 10. The predicted octanol–water partition coefficient (Wildman–Crippen LogP) is 6.08. The number of benzene rings is 3. The number of hydrogen-bond donors (Lipinski definition) is 2. The Morgan fingerprint density at radius 1 is 0.871 bits per heavy atom. The second kappa shape index (κ2) is 10.9. The highest BCUT2D eigenvalue weighted by molar-refractivity contribution is 5.43. The van der Waals surface area contributed by atoms with Crippen LogP contribution in [0.25, 0.3) is 0 Å². The molecule has 1 unspecified atom stereocenters. The van der Waals surface area contributed by atoms with E-state index in [-0.39, 0.29) is 25.0 Å². The number of nitrogens with one attached hydrogen (secondary N) is 1. The molecule has 3 nitrogen and oxygen atoms in total. The average Bonchev–Trinajstić information content (AvgIpc) is 2.78. The first-order chi connectivity index (χ1) is 14.9. The second-order valence-corrected chi connectivity index (χ2v) is 7.41. The molecule has 3 aromatic rings. The molecule has 1 atom stereocenters. The van der Waals surface area contributed by atoms with Crippen molar-refractivity contribution in [2.24, 2.45) is 0 Å². The molecule has 164 valence electrons. The Labute approximate surface area is 180 Å². The number of aryl methyl sites for hydroxylation is 1. The molecule has 31 heavy (non-hydrogen) atoms. The van der Waals surface area contributed by atoms with Crippen molar-refractivity contribution in [1.29, 1.82) is 0 Å². The van der Waals surface area contributed by atoms with Crippen molar-refractivity contribution in [2.45, 2.75) is 38.1 Å². The van der Waals surface area contributed by atoms with Crippen molar-refractivity contribution in [3.8, 4) is 5.75 Å². The van der Waals surface area contributed by atoms with E-state index in [0.29, 0.717) is 0 Å². The van der Waals surface area contributed by atoms with Gasteiger partial charge in [-0.05, 0) is 60.7 Å². The molecule has 3 rings (SSSR count). The van der Waals surface area contributed by atoms with Crippen LogP contribution in [-0.2, 0) is 19.2 Å². The maximum absolute atomic E-state index is 12.8. The predicted molar refractivity (Wildman–Crippen MR) is 116 cm³/mol. The molecule has 0 aromatic heterocycles. The van der Waals surface area contributed by atoms with Crippen LogP contribution in [0, 0.1) is 0 Å². The summed E-state index contributed by atoms with van der Waals surface area (Å²) in [7, 11) is 0. The molecular weight excluding hydrogens is 403 g/mol. The molecule has 0 spiro atoms. The van der Waals surface area contributed by atoms with Crippen molar-refractivity contribution in [3.05, 3.63) is 95.6 Å². The summed E-state index contributed by atoms with van der Waals surface area (Å²) >= 11 is 0. The fourth-order valence-electron chi connectivity index (χ4n) is 3.26. The number of hydrogen-bond acceptors (Lipinski definition) is 3. The van der Waals surface area contributed by atoms with Crippen LogP contribution in [0.15, 0.2) is 78.9 Å². The Hall–Kier alpha value is -2.99. The van der Waals surface area contributed by atoms with E-state index in [4.69, 9.17) is 4.74 Å². The Balaban J connectivity index is 1.45. The van der Waals surface area contributed by atoms with E-state index in [1.165, 1.54) is 17.7 Å². The number of halogens is 3. The number of aliphatic hydroxyl groups is 1. The number of ether oxygens (including phenoxy) is 1. The first kappa shape index (κ1) is 22.7. The normalized spacial score (nSPS) is 12.4. The van der Waals surface area contributed by atoms with Crippen LogP contribution in [0.1, 0.15) is 29.5 Å². The second-order valence-electron chi connectivity index (χ2n) is 7.41. The van der Waals surface area contributed by atoms with Gasteiger partial charge in [0.2, 0.25) is 0 Å². The maximum atomic E-state index is 12.8. The smallest absolute Gasteiger partial charge is 0.416 e. The van der Waals surface area contributed by atoms with Crippen molar-refractivity contribution in [1.82, 2.24) is 0 Å². The van der Waals surface area contributed by atoms with E-state index >= 15 is 0 Å². The van der Waals surface area contributed by atoms with Gasteiger partial charge in [-0.2, -0.15) is 13.2 Å². The zero-order valence-electron chi connectivity index (χ0n) is 17.1. The highest BCUT2D eigenvalue weighted by atomic mass is 19.4. The zero-order chi connectivity index (χ0) is 22.1. The van der Waals surface area contributed by atoms with Gasteiger partial charge in [-0.25, -0.2) is 0 Å². The van der Waals surface area contributed by atoms with E-state index in [2.05, 4.69) is 5.32 Å². The summed E-state index contributed by atoms with van der Waals surface area (Å²) in [6.45, 7) is 0.274. The zero-order valence-corrected chi connectivity index (χ0v) is 17.1. The summed E-state index contributed by atoms with van der Waals surface area (Å²) in [6.07, 6.45) is -1.74. The molecule has 0 aliphatic rings. The summed E-state index contributed by atoms with van der Waals surface area (Å²) in [5.41, 5.74) is 2.33. The van der Waals surface area contributed by atoms with Gasteiger partial charge >= 0.3 is 6.18 Å². The number of anilines is 1. The van der Waals surface area contributed by atoms with Gasteiger partial charge in [0.25, 0.3) is 0 Å². The lowest BCUT2D eigenvalue weighted by molar-refractivity contribution is -0.137. The van der Waals surface area contributed by atoms with Gasteiger partial charge in [-0.3, -0.25) is 0 Å². The van der Waals surface area contributed by atoms with Crippen LogP contribution in [0.2, 0.25) is 0 Å². The van der Waals surface area contributed by atoms with E-state index in [0.717, 1.165) is 42.6 Å². The summed E-state index contributed by atoms with van der Waals surface area (Å²) < 4.78 is 43.9. The lowest BCUT2D eigenvalue weighted by Gasteiger charge is -2.17. The third-order valence-electron chi connectivity index (χ3n) is 4.97. The van der Waals surface area contributed by atoms with Crippen LogP contribution in [-0.4, -0.2) is 17.8 Å². The molecule has 0 aliphatic carbocycles. The summed E-state index contributed by atoms with van der Waals surface area (Å²) in [5.74, 6) is 0.194. The highest BCUT2D eigenvalue weighted by Gasteiger charge is 2.30. The molecule has 3 aromatic carbocycles. The monoisotopic (exact) mass is 429 g/mol. The van der Waals surface area contributed by atoms with Crippen molar-refractivity contribution in [2.75, 3.05) is 11.9 Å². The average molecular weight is 429 g/mol. The molecule has 0 aliphatic heterocycles. The molecule has 2 N–H and O–H groups in total. The minimum absolute atomic E-state index is 0.00235. The highest BCUT2D eigenvalue weighted by Crippen LogP contribution is 2.31. The molecule has 0 saturated carbocycles. The Kier molecular flexibility index (Phi) is 7.95. The van der Waals surface area contributed by atoms with Crippen LogP contribution >= 0.6 is 0 Å². The summed E-state index contributed by atoms with van der Waals surface area (Å²) in [4.78, 5) is 0. The first-order valence-electron chi connectivity index (χ1n) is 10.2. The fraction of sp³-hybridized carbons (Fsp3) is 0.280. The maximum Gasteiger partial charge on any atom is 0.416 e. The quantitative estimate of drug-likeness (QED) is 0.410. The van der Waals surface area contributed by atoms with E-state index in [1.807, 2.05) is 54.6 Å².